The molecular weight excluding hydrogens is 307 g/mol. The molecule has 4 heteroatoms. The van der Waals surface area contributed by atoms with E-state index in [-0.39, 0.29) is 17.3 Å². The summed E-state index contributed by atoms with van der Waals surface area (Å²) in [6, 6.07) is 5.48. The van der Waals surface area contributed by atoms with Gasteiger partial charge in [0.05, 0.1) is 23.9 Å². The van der Waals surface area contributed by atoms with Crippen LogP contribution in [0.3, 0.4) is 0 Å². The summed E-state index contributed by atoms with van der Waals surface area (Å²) >= 11 is 12.2. The Morgan fingerprint density at radius 3 is 2.76 bits per heavy atom. The molecule has 21 heavy (non-hydrogen) atoms. The zero-order valence-corrected chi connectivity index (χ0v) is 14.3. The molecule has 2 aliphatic heterocycles. The first kappa shape index (κ1) is 15.6. The SMILES string of the molecule is CC(C)[C@@]12CC[C@@](C)(O1)[C@@H](OCc1cc(Cl)ccc1Cl)C2. The summed E-state index contributed by atoms with van der Waals surface area (Å²) in [6.45, 7) is 7.13. The molecule has 2 fully saturated rings. The van der Waals surface area contributed by atoms with Crippen LogP contribution in [-0.4, -0.2) is 17.3 Å². The van der Waals surface area contributed by atoms with Crippen molar-refractivity contribution in [3.05, 3.63) is 33.8 Å². The average molecular weight is 329 g/mol. The molecule has 1 aromatic rings. The molecule has 1 aromatic carbocycles. The van der Waals surface area contributed by atoms with Crippen molar-refractivity contribution in [2.24, 2.45) is 5.92 Å². The minimum absolute atomic E-state index is 0.00244. The summed E-state index contributed by atoms with van der Waals surface area (Å²) in [5, 5.41) is 1.39. The van der Waals surface area contributed by atoms with Crippen LogP contribution in [-0.2, 0) is 16.1 Å². The van der Waals surface area contributed by atoms with E-state index in [9.17, 15) is 0 Å². The topological polar surface area (TPSA) is 18.5 Å². The molecule has 2 aliphatic rings. The molecule has 0 radical (unpaired) electrons. The summed E-state index contributed by atoms with van der Waals surface area (Å²) in [4.78, 5) is 0. The molecule has 3 atom stereocenters. The number of halogens is 2. The summed E-state index contributed by atoms with van der Waals surface area (Å²) in [5.41, 5.74) is 0.779. The van der Waals surface area contributed by atoms with Crippen molar-refractivity contribution in [1.82, 2.24) is 0 Å². The predicted octanol–water partition coefficient (Wildman–Crippen LogP) is 5.25. The maximum absolute atomic E-state index is 6.38. The van der Waals surface area contributed by atoms with E-state index < -0.39 is 0 Å². The van der Waals surface area contributed by atoms with Gasteiger partial charge in [0.25, 0.3) is 0 Å². The standard InChI is InChI=1S/C17H22Cl2O2/c1-11(2)17-7-6-16(3,21-17)15(9-17)20-10-12-8-13(18)4-5-14(12)19/h4-5,8,11,15H,6-7,9-10H2,1-3H3/t15-,16+,17-/m0/s1. The highest BCUT2D eigenvalue weighted by atomic mass is 35.5. The van der Waals surface area contributed by atoms with Gasteiger partial charge in [-0.25, -0.2) is 0 Å². The molecule has 0 unspecified atom stereocenters. The Hall–Kier alpha value is -0.280. The van der Waals surface area contributed by atoms with Gasteiger partial charge in [0.15, 0.2) is 0 Å². The van der Waals surface area contributed by atoms with E-state index in [1.807, 2.05) is 12.1 Å². The Morgan fingerprint density at radius 1 is 1.33 bits per heavy atom. The largest absolute Gasteiger partial charge is 0.370 e. The Kier molecular flexibility index (Phi) is 4.03. The van der Waals surface area contributed by atoms with Crippen LogP contribution < -0.4 is 0 Å². The average Bonchev–Trinajstić information content (AvgIpc) is 2.92. The zero-order chi connectivity index (χ0) is 15.3. The number of hydrogen-bond donors (Lipinski definition) is 0. The van der Waals surface area contributed by atoms with Gasteiger partial charge in [0, 0.05) is 16.5 Å². The van der Waals surface area contributed by atoms with Crippen molar-refractivity contribution < 1.29 is 9.47 Å². The fourth-order valence-corrected chi connectivity index (χ4v) is 4.01. The number of rotatable bonds is 4. The van der Waals surface area contributed by atoms with Gasteiger partial charge in [-0.15, -0.1) is 0 Å². The third kappa shape index (κ3) is 2.72. The van der Waals surface area contributed by atoms with E-state index in [1.165, 1.54) is 0 Å². The molecule has 116 valence electrons. The van der Waals surface area contributed by atoms with E-state index in [2.05, 4.69) is 20.8 Å². The van der Waals surface area contributed by atoms with E-state index in [1.54, 1.807) is 6.07 Å². The summed E-state index contributed by atoms with van der Waals surface area (Å²) < 4.78 is 12.5. The van der Waals surface area contributed by atoms with Gasteiger partial charge in [0.2, 0.25) is 0 Å². The second kappa shape index (κ2) is 5.42. The third-order valence-electron chi connectivity index (χ3n) is 5.19. The van der Waals surface area contributed by atoms with E-state index in [0.29, 0.717) is 22.6 Å². The third-order valence-corrected chi connectivity index (χ3v) is 5.80. The first-order valence-electron chi connectivity index (χ1n) is 7.60. The van der Waals surface area contributed by atoms with Crippen molar-refractivity contribution in [3.8, 4) is 0 Å². The molecule has 2 heterocycles. The quantitative estimate of drug-likeness (QED) is 0.751. The zero-order valence-electron chi connectivity index (χ0n) is 12.8. The molecular formula is C17H22Cl2O2. The monoisotopic (exact) mass is 328 g/mol. The molecule has 0 amide bonds. The molecule has 2 saturated heterocycles. The van der Waals surface area contributed by atoms with Crippen LogP contribution >= 0.6 is 23.2 Å². The van der Waals surface area contributed by atoms with Gasteiger partial charge < -0.3 is 9.47 Å². The molecule has 0 aromatic heterocycles. The highest BCUT2D eigenvalue weighted by Gasteiger charge is 2.60. The number of benzene rings is 1. The van der Waals surface area contributed by atoms with Crippen LogP contribution in [0.5, 0.6) is 0 Å². The minimum atomic E-state index is -0.157. The second-order valence-electron chi connectivity index (χ2n) is 6.87. The van der Waals surface area contributed by atoms with Crippen LogP contribution in [0, 0.1) is 5.92 Å². The maximum Gasteiger partial charge on any atom is 0.0924 e. The lowest BCUT2D eigenvalue weighted by Gasteiger charge is -2.31. The summed E-state index contributed by atoms with van der Waals surface area (Å²) in [5.74, 6) is 0.516. The van der Waals surface area contributed by atoms with E-state index >= 15 is 0 Å². The minimum Gasteiger partial charge on any atom is -0.370 e. The second-order valence-corrected chi connectivity index (χ2v) is 7.72. The Balaban J connectivity index is 1.71. The molecule has 3 rings (SSSR count). The highest BCUT2D eigenvalue weighted by molar-refractivity contribution is 6.33. The first-order chi connectivity index (χ1) is 9.85. The normalized spacial score (nSPS) is 34.9. The lowest BCUT2D eigenvalue weighted by atomic mass is 9.75. The fourth-order valence-electron chi connectivity index (χ4n) is 3.65. The molecule has 0 aliphatic carbocycles. The van der Waals surface area contributed by atoms with E-state index in [0.717, 1.165) is 24.8 Å². The van der Waals surface area contributed by atoms with Gasteiger partial charge in [-0.2, -0.15) is 0 Å². The van der Waals surface area contributed by atoms with Gasteiger partial charge in [-0.05, 0) is 49.4 Å². The number of fused-ring (bicyclic) bond motifs is 2. The molecule has 0 spiro atoms. The van der Waals surface area contributed by atoms with Crippen molar-refractivity contribution in [3.63, 3.8) is 0 Å². The fraction of sp³-hybridized carbons (Fsp3) is 0.647. The van der Waals surface area contributed by atoms with Crippen molar-refractivity contribution in [1.29, 1.82) is 0 Å². The Labute approximate surface area is 136 Å². The van der Waals surface area contributed by atoms with Gasteiger partial charge in [-0.3, -0.25) is 0 Å². The molecule has 0 saturated carbocycles. The number of hydrogen-bond acceptors (Lipinski definition) is 2. The molecule has 0 N–H and O–H groups in total. The Bertz CT molecular complexity index is 546. The Morgan fingerprint density at radius 2 is 2.10 bits per heavy atom. The van der Waals surface area contributed by atoms with Crippen LogP contribution in [0.4, 0.5) is 0 Å². The van der Waals surface area contributed by atoms with Crippen LogP contribution in [0.15, 0.2) is 18.2 Å². The first-order valence-corrected chi connectivity index (χ1v) is 8.36. The van der Waals surface area contributed by atoms with Gasteiger partial charge in [0.1, 0.15) is 0 Å². The summed E-state index contributed by atoms with van der Waals surface area (Å²) in [7, 11) is 0. The lowest BCUT2D eigenvalue weighted by Crippen LogP contribution is -2.38. The van der Waals surface area contributed by atoms with Gasteiger partial charge >= 0.3 is 0 Å². The highest BCUT2D eigenvalue weighted by Crippen LogP contribution is 2.55. The maximum atomic E-state index is 6.38. The van der Waals surface area contributed by atoms with Gasteiger partial charge in [-0.1, -0.05) is 37.0 Å². The van der Waals surface area contributed by atoms with Crippen LogP contribution in [0.25, 0.3) is 0 Å². The molecule has 2 nitrogen and oxygen atoms in total. The van der Waals surface area contributed by atoms with Crippen LogP contribution in [0.1, 0.15) is 45.6 Å². The van der Waals surface area contributed by atoms with Crippen molar-refractivity contribution in [2.75, 3.05) is 0 Å². The lowest BCUT2D eigenvalue weighted by molar-refractivity contribution is -0.0959. The predicted molar refractivity (Wildman–Crippen MR) is 85.9 cm³/mol. The number of ether oxygens (including phenoxy) is 2. The van der Waals surface area contributed by atoms with Crippen LogP contribution in [0.2, 0.25) is 10.0 Å². The molecule has 2 bridgehead atoms. The van der Waals surface area contributed by atoms with E-state index in [4.69, 9.17) is 32.7 Å². The van der Waals surface area contributed by atoms with Crippen molar-refractivity contribution in [2.45, 2.75) is 63.9 Å². The summed E-state index contributed by atoms with van der Waals surface area (Å²) in [6.07, 6.45) is 3.31. The smallest absolute Gasteiger partial charge is 0.0924 e. The van der Waals surface area contributed by atoms with Crippen molar-refractivity contribution >= 4 is 23.2 Å².